The molecular weight excluding hydrogens is 217 g/mol. The molecule has 1 atom stereocenters. The average Bonchev–Trinajstić information content (AvgIpc) is 2.38. The van der Waals surface area contributed by atoms with Crippen molar-refractivity contribution in [2.24, 2.45) is 0 Å². The highest BCUT2D eigenvalue weighted by atomic mass is 31.0. The number of benzene rings is 1. The summed E-state index contributed by atoms with van der Waals surface area (Å²) in [6, 6.07) is 14.3. The molecule has 0 fully saturated rings. The maximum Gasteiger partial charge on any atom is 0.0701 e. The number of nitrogens with zero attached hydrogens (tertiary/aromatic N) is 1. The number of nitrogens with one attached hydrogen (secondary N) is 2. The molecule has 2 N–H and O–H groups in total. The molecule has 16 heavy (non-hydrogen) atoms. The Hall–Kier alpha value is -1.28. The van der Waals surface area contributed by atoms with Gasteiger partial charge in [-0.1, -0.05) is 39.7 Å². The molecule has 3 nitrogen and oxygen atoms in total. The highest BCUT2D eigenvalue weighted by Gasteiger charge is 1.97. The molecule has 82 valence electrons. The van der Waals surface area contributed by atoms with Crippen molar-refractivity contribution in [1.82, 2.24) is 15.6 Å². The standard InChI is InChI=1S/C12H14N3P/c16-15-14-9-10-4-6-11(7-5-10)12-3-1-2-8-13-12/h1-8,14-15H,9,16H2. The van der Waals surface area contributed by atoms with Crippen LogP contribution in [0.5, 0.6) is 0 Å². The summed E-state index contributed by atoms with van der Waals surface area (Å²) in [5, 5.41) is 2.82. The van der Waals surface area contributed by atoms with Crippen LogP contribution >= 0.6 is 9.39 Å². The lowest BCUT2D eigenvalue weighted by atomic mass is 10.1. The molecule has 1 aromatic carbocycles. The van der Waals surface area contributed by atoms with Crippen LogP contribution in [0.2, 0.25) is 0 Å². The first-order valence-corrected chi connectivity index (χ1v) is 5.66. The molecule has 0 aliphatic rings. The van der Waals surface area contributed by atoms with Crippen molar-refractivity contribution < 1.29 is 0 Å². The van der Waals surface area contributed by atoms with Gasteiger partial charge in [0.05, 0.1) is 5.69 Å². The van der Waals surface area contributed by atoms with E-state index in [0.717, 1.165) is 17.8 Å². The SMILES string of the molecule is PNNCc1ccc(-c2ccccn2)cc1. The third-order valence-corrected chi connectivity index (χ3v) is 2.51. The Kier molecular flexibility index (Phi) is 4.00. The summed E-state index contributed by atoms with van der Waals surface area (Å²) in [4.78, 5) is 4.31. The number of hydrogen-bond acceptors (Lipinski definition) is 3. The van der Waals surface area contributed by atoms with Gasteiger partial charge in [-0.3, -0.25) is 10.4 Å². The topological polar surface area (TPSA) is 37.0 Å². The van der Waals surface area contributed by atoms with Gasteiger partial charge in [-0.05, 0) is 17.7 Å². The lowest BCUT2D eigenvalue weighted by Crippen LogP contribution is -2.21. The molecule has 2 rings (SSSR count). The molecule has 0 aliphatic heterocycles. The Balaban J connectivity index is 2.13. The van der Waals surface area contributed by atoms with Gasteiger partial charge < -0.3 is 0 Å². The molecule has 2 aromatic rings. The maximum atomic E-state index is 4.31. The van der Waals surface area contributed by atoms with E-state index >= 15 is 0 Å². The van der Waals surface area contributed by atoms with Crippen LogP contribution in [0.1, 0.15) is 5.56 Å². The van der Waals surface area contributed by atoms with E-state index in [9.17, 15) is 0 Å². The Morgan fingerprint density at radius 1 is 1.06 bits per heavy atom. The monoisotopic (exact) mass is 231 g/mol. The first-order valence-electron chi connectivity index (χ1n) is 5.09. The molecule has 1 heterocycles. The van der Waals surface area contributed by atoms with Crippen LogP contribution in [0.15, 0.2) is 48.7 Å². The van der Waals surface area contributed by atoms with Crippen molar-refractivity contribution in [3.05, 3.63) is 54.2 Å². The zero-order valence-corrected chi connectivity index (χ0v) is 10.0. The van der Waals surface area contributed by atoms with Crippen molar-refractivity contribution in [2.75, 3.05) is 0 Å². The zero-order valence-electron chi connectivity index (χ0n) is 8.85. The van der Waals surface area contributed by atoms with Gasteiger partial charge in [-0.2, -0.15) is 0 Å². The van der Waals surface area contributed by atoms with E-state index < -0.39 is 0 Å². The lowest BCUT2D eigenvalue weighted by molar-refractivity contribution is 0.686. The van der Waals surface area contributed by atoms with E-state index in [1.165, 1.54) is 5.56 Å². The van der Waals surface area contributed by atoms with E-state index in [-0.39, 0.29) is 0 Å². The second-order valence-electron chi connectivity index (χ2n) is 3.41. The van der Waals surface area contributed by atoms with E-state index in [0.29, 0.717) is 0 Å². The summed E-state index contributed by atoms with van der Waals surface area (Å²) in [7, 11) is 2.41. The van der Waals surface area contributed by atoms with Crippen molar-refractivity contribution in [3.8, 4) is 11.3 Å². The highest BCUT2D eigenvalue weighted by molar-refractivity contribution is 7.13. The second kappa shape index (κ2) is 5.71. The Bertz CT molecular complexity index is 428. The molecule has 1 aromatic heterocycles. The number of aromatic nitrogens is 1. The first-order chi connectivity index (χ1) is 7.90. The third-order valence-electron chi connectivity index (χ3n) is 2.31. The van der Waals surface area contributed by atoms with Gasteiger partial charge in [-0.25, -0.2) is 5.20 Å². The molecule has 0 spiro atoms. The van der Waals surface area contributed by atoms with Crippen molar-refractivity contribution in [1.29, 1.82) is 0 Å². The van der Waals surface area contributed by atoms with Gasteiger partial charge in [0.15, 0.2) is 0 Å². The van der Waals surface area contributed by atoms with Crippen LogP contribution in [-0.4, -0.2) is 4.98 Å². The molecule has 0 bridgehead atoms. The quantitative estimate of drug-likeness (QED) is 0.625. The van der Waals surface area contributed by atoms with Crippen LogP contribution in [-0.2, 0) is 6.54 Å². The summed E-state index contributed by atoms with van der Waals surface area (Å²) in [5.41, 5.74) is 6.40. The van der Waals surface area contributed by atoms with Gasteiger partial charge in [0.2, 0.25) is 0 Å². The summed E-state index contributed by atoms with van der Waals surface area (Å²) in [6.07, 6.45) is 1.81. The Labute approximate surface area is 97.5 Å². The number of pyridine rings is 1. The van der Waals surface area contributed by atoms with Gasteiger partial charge in [-0.15, -0.1) is 0 Å². The number of rotatable bonds is 4. The van der Waals surface area contributed by atoms with Gasteiger partial charge in [0.1, 0.15) is 0 Å². The molecule has 4 heteroatoms. The van der Waals surface area contributed by atoms with Gasteiger partial charge >= 0.3 is 0 Å². The van der Waals surface area contributed by atoms with Crippen molar-refractivity contribution in [2.45, 2.75) is 6.54 Å². The van der Waals surface area contributed by atoms with Crippen LogP contribution in [0, 0.1) is 0 Å². The molecule has 0 saturated heterocycles. The molecule has 1 unspecified atom stereocenters. The summed E-state index contributed by atoms with van der Waals surface area (Å²) >= 11 is 0. The Morgan fingerprint density at radius 3 is 2.50 bits per heavy atom. The third kappa shape index (κ3) is 2.86. The van der Waals surface area contributed by atoms with E-state index in [1.807, 2.05) is 24.4 Å². The van der Waals surface area contributed by atoms with E-state index in [1.54, 1.807) is 0 Å². The summed E-state index contributed by atoms with van der Waals surface area (Å²) < 4.78 is 0. The predicted octanol–water partition coefficient (Wildman–Crippen LogP) is 2.13. The maximum absolute atomic E-state index is 4.31. The smallest absolute Gasteiger partial charge is 0.0701 e. The van der Waals surface area contributed by atoms with Crippen molar-refractivity contribution >= 4 is 9.39 Å². The fourth-order valence-corrected chi connectivity index (χ4v) is 1.58. The minimum absolute atomic E-state index is 0.798. The minimum Gasteiger partial charge on any atom is -0.256 e. The van der Waals surface area contributed by atoms with E-state index in [2.05, 4.69) is 49.3 Å². The van der Waals surface area contributed by atoms with Gasteiger partial charge in [0, 0.05) is 18.3 Å². The number of hydrogen-bond donors (Lipinski definition) is 2. The summed E-state index contributed by atoms with van der Waals surface area (Å²) in [6.45, 7) is 0.798. The minimum atomic E-state index is 0.798. The van der Waals surface area contributed by atoms with Crippen LogP contribution < -0.4 is 10.6 Å². The molecule has 0 amide bonds. The Morgan fingerprint density at radius 2 is 1.88 bits per heavy atom. The van der Waals surface area contributed by atoms with Crippen LogP contribution in [0.4, 0.5) is 0 Å². The highest BCUT2D eigenvalue weighted by Crippen LogP contribution is 2.16. The molecular formula is C12H14N3P. The largest absolute Gasteiger partial charge is 0.256 e. The normalized spacial score (nSPS) is 10.3. The lowest BCUT2D eigenvalue weighted by Gasteiger charge is -2.04. The second-order valence-corrected chi connectivity index (χ2v) is 3.70. The first kappa shape index (κ1) is 11.2. The van der Waals surface area contributed by atoms with Crippen molar-refractivity contribution in [3.63, 3.8) is 0 Å². The van der Waals surface area contributed by atoms with E-state index in [4.69, 9.17) is 0 Å². The molecule has 0 saturated carbocycles. The average molecular weight is 231 g/mol. The molecule has 0 aliphatic carbocycles. The fraction of sp³-hybridized carbons (Fsp3) is 0.0833. The molecule has 0 radical (unpaired) electrons. The fourth-order valence-electron chi connectivity index (χ4n) is 1.48. The van der Waals surface area contributed by atoms with Crippen LogP contribution in [0.3, 0.4) is 0 Å². The zero-order chi connectivity index (χ0) is 11.2. The van der Waals surface area contributed by atoms with Gasteiger partial charge in [0.25, 0.3) is 0 Å². The summed E-state index contributed by atoms with van der Waals surface area (Å²) in [5.74, 6) is 0. The number of hydrazine groups is 1. The predicted molar refractivity (Wildman–Crippen MR) is 69.4 cm³/mol. The van der Waals surface area contributed by atoms with Crippen LogP contribution in [0.25, 0.3) is 11.3 Å².